The molecule has 1 heterocycles. The first-order valence-corrected chi connectivity index (χ1v) is 7.64. The second-order valence-corrected chi connectivity index (χ2v) is 6.40. The summed E-state index contributed by atoms with van der Waals surface area (Å²) >= 11 is 1.75. The minimum atomic E-state index is -0.532. The van der Waals surface area contributed by atoms with Gasteiger partial charge in [0.2, 0.25) is 5.91 Å². The molecule has 2 atom stereocenters. The summed E-state index contributed by atoms with van der Waals surface area (Å²) in [4.78, 5) is 16.1. The van der Waals surface area contributed by atoms with E-state index in [4.69, 9.17) is 5.73 Å². The molecule has 1 amide bonds. The third kappa shape index (κ3) is 3.12. The molecule has 19 heavy (non-hydrogen) atoms. The molecule has 0 bridgehead atoms. The number of rotatable bonds is 5. The largest absolute Gasteiger partial charge is 0.368 e. The number of imidazole rings is 1. The molecule has 0 aromatic carbocycles. The van der Waals surface area contributed by atoms with E-state index in [2.05, 4.69) is 10.3 Å². The first-order chi connectivity index (χ1) is 9.07. The van der Waals surface area contributed by atoms with Gasteiger partial charge in [0, 0.05) is 24.7 Å². The second-order valence-electron chi connectivity index (χ2n) is 5.13. The monoisotopic (exact) mass is 282 g/mol. The third-order valence-corrected chi connectivity index (χ3v) is 5.08. The van der Waals surface area contributed by atoms with E-state index in [9.17, 15) is 4.79 Å². The van der Waals surface area contributed by atoms with Gasteiger partial charge in [0.15, 0.2) is 5.16 Å². The van der Waals surface area contributed by atoms with Crippen LogP contribution in [0.4, 0.5) is 0 Å². The van der Waals surface area contributed by atoms with Gasteiger partial charge in [0.05, 0.1) is 5.54 Å². The maximum absolute atomic E-state index is 11.8. The Morgan fingerprint density at radius 3 is 3.11 bits per heavy atom. The predicted molar refractivity (Wildman–Crippen MR) is 76.9 cm³/mol. The number of likely N-dealkylation sites (N-methyl/N-ethyl adjacent to an activating group) is 1. The van der Waals surface area contributed by atoms with Gasteiger partial charge < -0.3 is 15.6 Å². The molecular formula is C13H22N4OS. The standard InChI is InChI=1S/C13H22N4OS/c1-3-16-13(11(14)18)6-4-5-10(9-13)19-12-15-7-8-17(12)2/h7-8,10,16H,3-6,9H2,1-2H3,(H2,14,18). The summed E-state index contributed by atoms with van der Waals surface area (Å²) in [7, 11) is 1.99. The van der Waals surface area contributed by atoms with Crippen LogP contribution in [0.1, 0.15) is 32.6 Å². The van der Waals surface area contributed by atoms with Crippen LogP contribution in [0, 0.1) is 0 Å². The second kappa shape index (κ2) is 5.96. The minimum Gasteiger partial charge on any atom is -0.368 e. The first kappa shape index (κ1) is 14.4. The predicted octanol–water partition coefficient (Wildman–Crippen LogP) is 1.29. The van der Waals surface area contributed by atoms with Crippen LogP contribution in [0.25, 0.3) is 0 Å². The van der Waals surface area contributed by atoms with Crippen LogP contribution in [0.15, 0.2) is 17.6 Å². The van der Waals surface area contributed by atoms with Crippen molar-refractivity contribution >= 4 is 17.7 Å². The Hall–Kier alpha value is -1.01. The number of nitrogens with one attached hydrogen (secondary N) is 1. The van der Waals surface area contributed by atoms with Crippen molar-refractivity contribution in [3.8, 4) is 0 Å². The zero-order valence-corrected chi connectivity index (χ0v) is 12.4. The first-order valence-electron chi connectivity index (χ1n) is 6.76. The van der Waals surface area contributed by atoms with Crippen LogP contribution < -0.4 is 11.1 Å². The van der Waals surface area contributed by atoms with E-state index in [0.29, 0.717) is 5.25 Å². The molecule has 6 heteroatoms. The van der Waals surface area contributed by atoms with Crippen LogP contribution >= 0.6 is 11.8 Å². The zero-order chi connectivity index (χ0) is 13.9. The molecular weight excluding hydrogens is 260 g/mol. The van der Waals surface area contributed by atoms with Crippen LogP contribution in [-0.2, 0) is 11.8 Å². The fourth-order valence-corrected chi connectivity index (χ4v) is 4.05. The molecule has 0 aliphatic heterocycles. The average molecular weight is 282 g/mol. The Bertz CT molecular complexity index is 444. The van der Waals surface area contributed by atoms with Crippen LogP contribution in [-0.4, -0.2) is 32.8 Å². The lowest BCUT2D eigenvalue weighted by molar-refractivity contribution is -0.125. The summed E-state index contributed by atoms with van der Waals surface area (Å²) in [6, 6.07) is 0. The van der Waals surface area contributed by atoms with E-state index in [1.807, 2.05) is 24.7 Å². The van der Waals surface area contributed by atoms with Gasteiger partial charge in [-0.1, -0.05) is 18.7 Å². The molecule has 1 aromatic rings. The molecule has 0 spiro atoms. The number of aromatic nitrogens is 2. The number of thioether (sulfide) groups is 1. The summed E-state index contributed by atoms with van der Waals surface area (Å²) in [6.45, 7) is 2.78. The van der Waals surface area contributed by atoms with Crippen molar-refractivity contribution in [2.24, 2.45) is 12.8 Å². The Morgan fingerprint density at radius 1 is 1.74 bits per heavy atom. The quantitative estimate of drug-likeness (QED) is 0.853. The van der Waals surface area contributed by atoms with Gasteiger partial charge in [-0.3, -0.25) is 4.79 Å². The van der Waals surface area contributed by atoms with Gasteiger partial charge in [0.25, 0.3) is 0 Å². The molecule has 3 N–H and O–H groups in total. The summed E-state index contributed by atoms with van der Waals surface area (Å²) < 4.78 is 2.01. The fourth-order valence-electron chi connectivity index (χ4n) is 2.75. The van der Waals surface area contributed by atoms with E-state index in [-0.39, 0.29) is 5.91 Å². The average Bonchev–Trinajstić information content (AvgIpc) is 2.76. The maximum Gasteiger partial charge on any atom is 0.237 e. The fraction of sp³-hybridized carbons (Fsp3) is 0.692. The number of nitrogens with zero attached hydrogens (tertiary/aromatic N) is 2. The summed E-state index contributed by atoms with van der Waals surface area (Å²) in [6.07, 6.45) is 7.51. The number of primary amides is 1. The lowest BCUT2D eigenvalue weighted by atomic mass is 9.80. The molecule has 1 saturated carbocycles. The van der Waals surface area contributed by atoms with Gasteiger partial charge in [-0.2, -0.15) is 0 Å². The number of hydrogen-bond donors (Lipinski definition) is 2. The molecule has 106 valence electrons. The number of amides is 1. The lowest BCUT2D eigenvalue weighted by Gasteiger charge is -2.38. The van der Waals surface area contributed by atoms with Crippen LogP contribution in [0.2, 0.25) is 0 Å². The SMILES string of the molecule is CCNC1(C(N)=O)CCCC(Sc2nccn2C)C1. The number of aryl methyl sites for hydroxylation is 1. The number of carbonyl (C=O) groups is 1. The number of nitrogens with two attached hydrogens (primary N) is 1. The van der Waals surface area contributed by atoms with E-state index in [1.54, 1.807) is 18.0 Å². The molecule has 0 saturated heterocycles. The summed E-state index contributed by atoms with van der Waals surface area (Å²) in [5.74, 6) is -0.223. The molecule has 1 fully saturated rings. The van der Waals surface area contributed by atoms with E-state index in [0.717, 1.165) is 37.4 Å². The van der Waals surface area contributed by atoms with Gasteiger partial charge in [-0.15, -0.1) is 0 Å². The van der Waals surface area contributed by atoms with Crippen LogP contribution in [0.3, 0.4) is 0 Å². The molecule has 2 rings (SSSR count). The molecule has 0 radical (unpaired) electrons. The highest BCUT2D eigenvalue weighted by atomic mass is 32.2. The molecule has 1 aromatic heterocycles. The van der Waals surface area contributed by atoms with E-state index < -0.39 is 5.54 Å². The summed E-state index contributed by atoms with van der Waals surface area (Å²) in [5, 5.41) is 4.70. The third-order valence-electron chi connectivity index (χ3n) is 3.74. The van der Waals surface area contributed by atoms with Crippen molar-refractivity contribution in [1.82, 2.24) is 14.9 Å². The van der Waals surface area contributed by atoms with Crippen LogP contribution in [0.5, 0.6) is 0 Å². The van der Waals surface area contributed by atoms with Gasteiger partial charge in [-0.05, 0) is 32.2 Å². The molecule has 1 aliphatic carbocycles. The van der Waals surface area contributed by atoms with Gasteiger partial charge >= 0.3 is 0 Å². The summed E-state index contributed by atoms with van der Waals surface area (Å²) in [5.41, 5.74) is 5.09. The van der Waals surface area contributed by atoms with Crippen molar-refractivity contribution in [3.63, 3.8) is 0 Å². The van der Waals surface area contributed by atoms with Crippen molar-refractivity contribution in [2.75, 3.05) is 6.54 Å². The van der Waals surface area contributed by atoms with Gasteiger partial charge in [0.1, 0.15) is 0 Å². The highest BCUT2D eigenvalue weighted by molar-refractivity contribution is 7.99. The normalized spacial score (nSPS) is 27.4. The Labute approximate surface area is 118 Å². The zero-order valence-electron chi connectivity index (χ0n) is 11.6. The molecule has 5 nitrogen and oxygen atoms in total. The van der Waals surface area contributed by atoms with Crippen molar-refractivity contribution in [2.45, 2.75) is 48.6 Å². The molecule has 2 unspecified atom stereocenters. The van der Waals surface area contributed by atoms with Crippen molar-refractivity contribution < 1.29 is 4.79 Å². The van der Waals surface area contributed by atoms with Crippen molar-refractivity contribution in [3.05, 3.63) is 12.4 Å². The number of hydrogen-bond acceptors (Lipinski definition) is 4. The highest BCUT2D eigenvalue weighted by Crippen LogP contribution is 2.37. The van der Waals surface area contributed by atoms with E-state index >= 15 is 0 Å². The topological polar surface area (TPSA) is 72.9 Å². The Kier molecular flexibility index (Phi) is 4.52. The maximum atomic E-state index is 11.8. The Morgan fingerprint density at radius 2 is 2.53 bits per heavy atom. The lowest BCUT2D eigenvalue weighted by Crippen LogP contribution is -2.58. The minimum absolute atomic E-state index is 0.223. The number of carbonyl (C=O) groups excluding carboxylic acids is 1. The van der Waals surface area contributed by atoms with Gasteiger partial charge in [-0.25, -0.2) is 4.98 Å². The van der Waals surface area contributed by atoms with Crippen molar-refractivity contribution in [1.29, 1.82) is 0 Å². The Balaban J connectivity index is 2.07. The molecule has 1 aliphatic rings. The highest BCUT2D eigenvalue weighted by Gasteiger charge is 2.41. The smallest absolute Gasteiger partial charge is 0.237 e. The van der Waals surface area contributed by atoms with E-state index in [1.165, 1.54) is 0 Å².